The fourth-order valence-electron chi connectivity index (χ4n) is 3.29. The molecule has 1 saturated heterocycles. The van der Waals surface area contributed by atoms with Gasteiger partial charge in [0.15, 0.2) is 0 Å². The minimum atomic E-state index is -0.0296. The largest absolute Gasteiger partial charge is 0.497 e. The Morgan fingerprint density at radius 2 is 1.69 bits per heavy atom. The zero-order chi connectivity index (χ0) is 17.9. The van der Waals surface area contributed by atoms with Crippen LogP contribution in [0, 0.1) is 0 Å². The Bertz CT molecular complexity index is 913. The molecule has 0 N–H and O–H groups in total. The second kappa shape index (κ2) is 7.00. The molecule has 6 heteroatoms. The van der Waals surface area contributed by atoms with Gasteiger partial charge in [0.25, 0.3) is 5.91 Å². The summed E-state index contributed by atoms with van der Waals surface area (Å²) < 4.78 is 5.21. The van der Waals surface area contributed by atoms with Crippen molar-refractivity contribution in [3.05, 3.63) is 60.6 Å². The summed E-state index contributed by atoms with van der Waals surface area (Å²) in [6, 6.07) is 15.6. The Morgan fingerprint density at radius 1 is 0.962 bits per heavy atom. The number of hydrogen-bond donors (Lipinski definition) is 0. The van der Waals surface area contributed by atoms with Gasteiger partial charge >= 0.3 is 0 Å². The first kappa shape index (κ1) is 16.3. The molecule has 1 amide bonds. The normalized spacial score (nSPS) is 14.5. The van der Waals surface area contributed by atoms with Crippen LogP contribution in [0.15, 0.2) is 54.9 Å². The van der Waals surface area contributed by atoms with Crippen molar-refractivity contribution in [3.8, 4) is 5.75 Å². The Hall–Kier alpha value is -3.15. The highest BCUT2D eigenvalue weighted by Crippen LogP contribution is 2.22. The predicted molar refractivity (Wildman–Crippen MR) is 101 cm³/mol. The zero-order valence-electron chi connectivity index (χ0n) is 14.6. The summed E-state index contributed by atoms with van der Waals surface area (Å²) in [5.41, 5.74) is 2.42. The molecular weight excluding hydrogens is 328 g/mol. The summed E-state index contributed by atoms with van der Waals surface area (Å²) in [4.78, 5) is 25.6. The molecule has 0 spiro atoms. The van der Waals surface area contributed by atoms with Gasteiger partial charge in [-0.3, -0.25) is 4.79 Å². The topological polar surface area (TPSA) is 58.6 Å². The number of piperazine rings is 1. The average Bonchev–Trinajstić information content (AvgIpc) is 2.73. The van der Waals surface area contributed by atoms with Gasteiger partial charge in [-0.25, -0.2) is 9.97 Å². The van der Waals surface area contributed by atoms with E-state index in [-0.39, 0.29) is 5.91 Å². The molecular formula is C20H20N4O2. The molecule has 0 unspecified atom stereocenters. The number of nitrogens with zero attached hydrogens (tertiary/aromatic N) is 4. The SMILES string of the molecule is COc1ccc(N2CCN(C(=O)c3ncnc4ccccc34)CC2)cc1. The molecule has 0 bridgehead atoms. The van der Waals surface area contributed by atoms with Crippen LogP contribution < -0.4 is 9.64 Å². The second-order valence-electron chi connectivity index (χ2n) is 6.22. The number of ether oxygens (including phenoxy) is 1. The first-order chi connectivity index (χ1) is 12.8. The van der Waals surface area contributed by atoms with E-state index in [9.17, 15) is 4.79 Å². The Balaban J connectivity index is 1.48. The van der Waals surface area contributed by atoms with Crippen molar-refractivity contribution in [2.75, 3.05) is 38.2 Å². The highest BCUT2D eigenvalue weighted by Gasteiger charge is 2.24. The summed E-state index contributed by atoms with van der Waals surface area (Å²) >= 11 is 0. The molecule has 0 atom stereocenters. The maximum absolute atomic E-state index is 12.9. The first-order valence-corrected chi connectivity index (χ1v) is 8.64. The predicted octanol–water partition coefficient (Wildman–Crippen LogP) is 2.60. The van der Waals surface area contributed by atoms with Crippen LogP contribution in [0.5, 0.6) is 5.75 Å². The number of carbonyl (C=O) groups excluding carboxylic acids is 1. The molecule has 6 nitrogen and oxygen atoms in total. The fourth-order valence-corrected chi connectivity index (χ4v) is 3.29. The van der Waals surface area contributed by atoms with E-state index in [1.807, 2.05) is 53.4 Å². The molecule has 3 aromatic rings. The maximum Gasteiger partial charge on any atom is 0.273 e. The molecule has 0 radical (unpaired) electrons. The lowest BCUT2D eigenvalue weighted by Crippen LogP contribution is -2.49. The molecule has 26 heavy (non-hydrogen) atoms. The maximum atomic E-state index is 12.9. The molecule has 2 heterocycles. The number of rotatable bonds is 3. The van der Waals surface area contributed by atoms with Crippen LogP contribution in [0.2, 0.25) is 0 Å². The summed E-state index contributed by atoms with van der Waals surface area (Å²) in [5.74, 6) is 0.816. The third-order valence-corrected chi connectivity index (χ3v) is 4.75. The highest BCUT2D eigenvalue weighted by atomic mass is 16.5. The van der Waals surface area contributed by atoms with Crippen LogP contribution in [0.1, 0.15) is 10.5 Å². The van der Waals surface area contributed by atoms with E-state index in [2.05, 4.69) is 14.9 Å². The summed E-state index contributed by atoms with van der Waals surface area (Å²) in [6.45, 7) is 2.93. The van der Waals surface area contributed by atoms with Gasteiger partial charge in [-0.15, -0.1) is 0 Å². The van der Waals surface area contributed by atoms with Crippen molar-refractivity contribution in [3.63, 3.8) is 0 Å². The number of amides is 1. The van der Waals surface area contributed by atoms with Crippen molar-refractivity contribution in [1.82, 2.24) is 14.9 Å². The number of para-hydroxylation sites is 1. The number of benzene rings is 2. The third-order valence-electron chi connectivity index (χ3n) is 4.75. The van der Waals surface area contributed by atoms with Crippen molar-refractivity contribution < 1.29 is 9.53 Å². The highest BCUT2D eigenvalue weighted by molar-refractivity contribution is 6.04. The standard InChI is InChI=1S/C20H20N4O2/c1-26-16-8-6-15(7-9-16)23-10-12-24(13-11-23)20(25)19-17-4-2-3-5-18(17)21-14-22-19/h2-9,14H,10-13H2,1H3. The second-order valence-corrected chi connectivity index (χ2v) is 6.22. The fraction of sp³-hybridized carbons (Fsp3) is 0.250. The zero-order valence-corrected chi connectivity index (χ0v) is 14.6. The molecule has 1 aliphatic rings. The van der Waals surface area contributed by atoms with E-state index in [1.165, 1.54) is 6.33 Å². The van der Waals surface area contributed by atoms with Crippen molar-refractivity contribution >= 4 is 22.5 Å². The monoisotopic (exact) mass is 348 g/mol. The van der Waals surface area contributed by atoms with Gasteiger partial charge in [0.2, 0.25) is 0 Å². The molecule has 132 valence electrons. The van der Waals surface area contributed by atoms with Crippen LogP contribution >= 0.6 is 0 Å². The van der Waals surface area contributed by atoms with E-state index in [4.69, 9.17) is 4.74 Å². The van der Waals surface area contributed by atoms with E-state index >= 15 is 0 Å². The number of fused-ring (bicyclic) bond motifs is 1. The lowest BCUT2D eigenvalue weighted by molar-refractivity contribution is 0.0743. The minimum absolute atomic E-state index is 0.0296. The van der Waals surface area contributed by atoms with Gasteiger partial charge in [-0.2, -0.15) is 0 Å². The number of aromatic nitrogens is 2. The van der Waals surface area contributed by atoms with Gasteiger partial charge in [-0.05, 0) is 30.3 Å². The van der Waals surface area contributed by atoms with Crippen LogP contribution in [-0.4, -0.2) is 54.1 Å². The number of hydrogen-bond acceptors (Lipinski definition) is 5. The molecule has 1 fully saturated rings. The lowest BCUT2D eigenvalue weighted by Gasteiger charge is -2.36. The Morgan fingerprint density at radius 3 is 2.42 bits per heavy atom. The summed E-state index contributed by atoms with van der Waals surface area (Å²) in [5, 5.41) is 0.803. The van der Waals surface area contributed by atoms with Crippen LogP contribution in [-0.2, 0) is 0 Å². The van der Waals surface area contributed by atoms with Crippen LogP contribution in [0.25, 0.3) is 10.9 Å². The molecule has 0 saturated carbocycles. The molecule has 1 aromatic heterocycles. The van der Waals surface area contributed by atoms with E-state index in [0.717, 1.165) is 35.4 Å². The minimum Gasteiger partial charge on any atom is -0.497 e. The summed E-state index contributed by atoms with van der Waals surface area (Å²) in [6.07, 6.45) is 1.46. The molecule has 0 aliphatic carbocycles. The van der Waals surface area contributed by atoms with Gasteiger partial charge in [0, 0.05) is 37.3 Å². The smallest absolute Gasteiger partial charge is 0.273 e. The Labute approximate surface area is 152 Å². The van der Waals surface area contributed by atoms with Gasteiger partial charge in [-0.1, -0.05) is 18.2 Å². The number of anilines is 1. The summed E-state index contributed by atoms with van der Waals surface area (Å²) in [7, 11) is 1.66. The van der Waals surface area contributed by atoms with Crippen molar-refractivity contribution in [1.29, 1.82) is 0 Å². The van der Waals surface area contributed by atoms with E-state index in [0.29, 0.717) is 18.8 Å². The quantitative estimate of drug-likeness (QED) is 0.728. The van der Waals surface area contributed by atoms with Crippen LogP contribution in [0.4, 0.5) is 5.69 Å². The third kappa shape index (κ3) is 3.06. The number of carbonyl (C=O) groups is 1. The van der Waals surface area contributed by atoms with Gasteiger partial charge in [0.1, 0.15) is 17.8 Å². The van der Waals surface area contributed by atoms with Crippen LogP contribution in [0.3, 0.4) is 0 Å². The van der Waals surface area contributed by atoms with Gasteiger partial charge < -0.3 is 14.5 Å². The van der Waals surface area contributed by atoms with E-state index < -0.39 is 0 Å². The van der Waals surface area contributed by atoms with Gasteiger partial charge in [0.05, 0.1) is 12.6 Å². The first-order valence-electron chi connectivity index (χ1n) is 8.64. The van der Waals surface area contributed by atoms with Crippen molar-refractivity contribution in [2.45, 2.75) is 0 Å². The van der Waals surface area contributed by atoms with E-state index in [1.54, 1.807) is 7.11 Å². The van der Waals surface area contributed by atoms with Crippen molar-refractivity contribution in [2.24, 2.45) is 0 Å². The molecule has 1 aliphatic heterocycles. The number of methoxy groups -OCH3 is 1. The molecule has 4 rings (SSSR count). The Kier molecular flexibility index (Phi) is 4.39. The molecule has 2 aromatic carbocycles. The average molecular weight is 348 g/mol. The lowest BCUT2D eigenvalue weighted by atomic mass is 10.1.